The third kappa shape index (κ3) is 2.89. The van der Waals surface area contributed by atoms with Crippen LogP contribution in [-0.2, 0) is 4.74 Å². The Labute approximate surface area is 111 Å². The SMILES string of the molecule is COC(=O)c1cc(OC)c(OCBr)cc1[N+](=O)[O-]. The molecule has 0 fully saturated rings. The largest absolute Gasteiger partial charge is 0.493 e. The minimum absolute atomic E-state index is 0.137. The zero-order valence-corrected chi connectivity index (χ0v) is 11.2. The van der Waals surface area contributed by atoms with E-state index in [0.717, 1.165) is 13.2 Å². The maximum Gasteiger partial charge on any atom is 0.345 e. The molecule has 0 aliphatic rings. The van der Waals surface area contributed by atoms with Gasteiger partial charge in [-0.3, -0.25) is 10.1 Å². The first-order valence-electron chi connectivity index (χ1n) is 4.68. The number of esters is 1. The Bertz CT molecular complexity index is 476. The summed E-state index contributed by atoms with van der Waals surface area (Å²) in [5.41, 5.74) is -0.460. The molecule has 0 atom stereocenters. The van der Waals surface area contributed by atoms with Gasteiger partial charge in [-0.05, 0) is 15.9 Å². The molecule has 0 N–H and O–H groups in total. The number of alkyl halides is 1. The Balaban J connectivity index is 3.41. The van der Waals surface area contributed by atoms with E-state index in [2.05, 4.69) is 20.7 Å². The summed E-state index contributed by atoms with van der Waals surface area (Å²) in [5, 5.41) is 10.9. The quantitative estimate of drug-likeness (QED) is 0.357. The molecule has 0 saturated carbocycles. The molecule has 98 valence electrons. The molecule has 0 amide bonds. The lowest BCUT2D eigenvalue weighted by Crippen LogP contribution is -2.07. The first-order valence-corrected chi connectivity index (χ1v) is 5.80. The highest BCUT2D eigenvalue weighted by molar-refractivity contribution is 9.09. The van der Waals surface area contributed by atoms with Crippen molar-refractivity contribution in [2.24, 2.45) is 0 Å². The van der Waals surface area contributed by atoms with Crippen molar-refractivity contribution in [2.75, 3.05) is 19.7 Å². The number of methoxy groups -OCH3 is 2. The minimum atomic E-state index is -0.814. The zero-order chi connectivity index (χ0) is 13.7. The fraction of sp³-hybridized carbons (Fsp3) is 0.300. The molecule has 0 saturated heterocycles. The molecule has 0 unspecified atom stereocenters. The van der Waals surface area contributed by atoms with Crippen molar-refractivity contribution in [3.63, 3.8) is 0 Å². The van der Waals surface area contributed by atoms with E-state index in [-0.39, 0.29) is 22.6 Å². The predicted molar refractivity (Wildman–Crippen MR) is 65.4 cm³/mol. The van der Waals surface area contributed by atoms with E-state index in [4.69, 9.17) is 9.47 Å². The van der Waals surface area contributed by atoms with Crippen LogP contribution in [0.5, 0.6) is 11.5 Å². The smallest absolute Gasteiger partial charge is 0.345 e. The molecule has 0 radical (unpaired) electrons. The van der Waals surface area contributed by atoms with Crippen LogP contribution in [0.25, 0.3) is 0 Å². The maximum atomic E-state index is 11.4. The van der Waals surface area contributed by atoms with Crippen LogP contribution in [-0.4, -0.2) is 30.6 Å². The zero-order valence-electron chi connectivity index (χ0n) is 9.64. The lowest BCUT2D eigenvalue weighted by Gasteiger charge is -2.10. The summed E-state index contributed by atoms with van der Waals surface area (Å²) in [6.45, 7) is 0. The summed E-state index contributed by atoms with van der Waals surface area (Å²) in [4.78, 5) is 21.6. The predicted octanol–water partition coefficient (Wildman–Crippen LogP) is 2.12. The van der Waals surface area contributed by atoms with Gasteiger partial charge in [0.1, 0.15) is 11.1 Å². The molecule has 0 aromatic heterocycles. The molecule has 1 rings (SSSR count). The summed E-state index contributed by atoms with van der Waals surface area (Å²) >= 11 is 3.03. The van der Waals surface area contributed by atoms with Crippen molar-refractivity contribution < 1.29 is 23.9 Å². The minimum Gasteiger partial charge on any atom is -0.493 e. The van der Waals surface area contributed by atoms with Crippen LogP contribution in [0.3, 0.4) is 0 Å². The monoisotopic (exact) mass is 319 g/mol. The molecule has 1 aromatic carbocycles. The van der Waals surface area contributed by atoms with Gasteiger partial charge in [-0.2, -0.15) is 0 Å². The summed E-state index contributed by atoms with van der Waals surface area (Å²) in [5.74, 6) is -0.445. The topological polar surface area (TPSA) is 87.9 Å². The Kier molecular flexibility index (Phi) is 4.90. The number of rotatable bonds is 5. The van der Waals surface area contributed by atoms with Gasteiger partial charge in [0.05, 0.1) is 25.2 Å². The molecule has 0 aliphatic heterocycles. The fourth-order valence-corrected chi connectivity index (χ4v) is 1.55. The number of nitro groups is 1. The van der Waals surface area contributed by atoms with Crippen LogP contribution in [0.15, 0.2) is 12.1 Å². The van der Waals surface area contributed by atoms with Crippen molar-refractivity contribution in [2.45, 2.75) is 0 Å². The van der Waals surface area contributed by atoms with Crippen LogP contribution >= 0.6 is 15.9 Å². The van der Waals surface area contributed by atoms with Gasteiger partial charge >= 0.3 is 5.97 Å². The molecule has 7 nitrogen and oxygen atoms in total. The van der Waals surface area contributed by atoms with Crippen LogP contribution in [0, 0.1) is 10.1 Å². The molecule has 0 aliphatic carbocycles. The van der Waals surface area contributed by atoms with E-state index >= 15 is 0 Å². The van der Waals surface area contributed by atoms with Crippen LogP contribution in [0.2, 0.25) is 0 Å². The third-order valence-electron chi connectivity index (χ3n) is 2.09. The van der Waals surface area contributed by atoms with Crippen molar-refractivity contribution in [3.05, 3.63) is 27.8 Å². The summed E-state index contributed by atoms with van der Waals surface area (Å²) < 4.78 is 14.6. The number of nitrogens with zero attached hydrogens (tertiary/aromatic N) is 1. The first kappa shape index (κ1) is 14.2. The molecule has 0 heterocycles. The molecule has 18 heavy (non-hydrogen) atoms. The van der Waals surface area contributed by atoms with Gasteiger partial charge in [0.2, 0.25) is 0 Å². The van der Waals surface area contributed by atoms with Crippen LogP contribution < -0.4 is 9.47 Å². The molecule has 0 bridgehead atoms. The average Bonchev–Trinajstić information content (AvgIpc) is 2.37. The number of benzene rings is 1. The number of ether oxygens (including phenoxy) is 3. The van der Waals surface area contributed by atoms with Gasteiger partial charge in [0, 0.05) is 6.07 Å². The number of carbonyl (C=O) groups excluding carboxylic acids is 1. The van der Waals surface area contributed by atoms with E-state index < -0.39 is 16.6 Å². The van der Waals surface area contributed by atoms with E-state index in [1.165, 1.54) is 13.2 Å². The Morgan fingerprint density at radius 1 is 1.39 bits per heavy atom. The summed E-state index contributed by atoms with van der Waals surface area (Å²) in [7, 11) is 2.50. The number of nitro benzene ring substituents is 1. The molecule has 1 aromatic rings. The highest BCUT2D eigenvalue weighted by Gasteiger charge is 2.25. The highest BCUT2D eigenvalue weighted by atomic mass is 79.9. The molecule has 8 heteroatoms. The van der Waals surface area contributed by atoms with Gasteiger partial charge in [0.25, 0.3) is 5.69 Å². The average molecular weight is 320 g/mol. The number of halogens is 1. The lowest BCUT2D eigenvalue weighted by atomic mass is 10.1. The molecular weight excluding hydrogens is 310 g/mol. The molecular formula is C10H10BrNO6. The first-order chi connectivity index (χ1) is 8.54. The second kappa shape index (κ2) is 6.20. The van der Waals surface area contributed by atoms with E-state index in [9.17, 15) is 14.9 Å². The fourth-order valence-electron chi connectivity index (χ4n) is 1.30. The van der Waals surface area contributed by atoms with Crippen LogP contribution in [0.4, 0.5) is 5.69 Å². The van der Waals surface area contributed by atoms with Crippen molar-refractivity contribution in [1.29, 1.82) is 0 Å². The van der Waals surface area contributed by atoms with E-state index in [1.807, 2.05) is 0 Å². The Hall–Kier alpha value is -1.83. The van der Waals surface area contributed by atoms with Gasteiger partial charge in [0.15, 0.2) is 11.5 Å². The van der Waals surface area contributed by atoms with Crippen molar-refractivity contribution >= 4 is 27.6 Å². The summed E-state index contributed by atoms with van der Waals surface area (Å²) in [6.07, 6.45) is 0. The molecule has 0 spiro atoms. The number of hydrogen-bond donors (Lipinski definition) is 0. The van der Waals surface area contributed by atoms with Gasteiger partial charge < -0.3 is 14.2 Å². The third-order valence-corrected chi connectivity index (χ3v) is 2.32. The highest BCUT2D eigenvalue weighted by Crippen LogP contribution is 2.35. The van der Waals surface area contributed by atoms with Crippen LogP contribution in [0.1, 0.15) is 10.4 Å². The van der Waals surface area contributed by atoms with Crippen molar-refractivity contribution in [1.82, 2.24) is 0 Å². The van der Waals surface area contributed by atoms with E-state index in [0.29, 0.717) is 0 Å². The second-order valence-electron chi connectivity index (χ2n) is 3.02. The Morgan fingerprint density at radius 2 is 2.06 bits per heavy atom. The standard InChI is InChI=1S/C10H10BrNO6/c1-16-8-3-6(10(13)17-2)7(12(14)15)4-9(8)18-5-11/h3-4H,5H2,1-2H3. The van der Waals surface area contributed by atoms with Crippen molar-refractivity contribution in [3.8, 4) is 11.5 Å². The second-order valence-corrected chi connectivity index (χ2v) is 3.48. The summed E-state index contributed by atoms with van der Waals surface area (Å²) in [6, 6.07) is 2.33. The number of carbonyl (C=O) groups is 1. The van der Waals surface area contributed by atoms with Gasteiger partial charge in [-0.1, -0.05) is 0 Å². The normalized spacial score (nSPS) is 9.72. The lowest BCUT2D eigenvalue weighted by molar-refractivity contribution is -0.385. The number of hydrogen-bond acceptors (Lipinski definition) is 6. The Morgan fingerprint density at radius 3 is 2.50 bits per heavy atom. The van der Waals surface area contributed by atoms with E-state index in [1.54, 1.807) is 0 Å². The maximum absolute atomic E-state index is 11.4. The van der Waals surface area contributed by atoms with Gasteiger partial charge in [-0.15, -0.1) is 0 Å². The van der Waals surface area contributed by atoms with Gasteiger partial charge in [-0.25, -0.2) is 4.79 Å².